The van der Waals surface area contributed by atoms with E-state index in [0.29, 0.717) is 6.54 Å². The lowest BCUT2D eigenvalue weighted by Gasteiger charge is -2.08. The molecule has 0 aliphatic carbocycles. The van der Waals surface area contributed by atoms with E-state index >= 15 is 0 Å². The van der Waals surface area contributed by atoms with Crippen molar-refractivity contribution >= 4 is 27.0 Å². The van der Waals surface area contributed by atoms with Crippen LogP contribution in [0.15, 0.2) is 33.9 Å². The highest BCUT2D eigenvalue weighted by molar-refractivity contribution is 7.94. The SMILES string of the molecule is CNCc1csc(S(=O)(=O)Nc2cc(C)ccc2F)c1. The first-order valence-electron chi connectivity index (χ1n) is 5.93. The van der Waals surface area contributed by atoms with Crippen molar-refractivity contribution < 1.29 is 12.8 Å². The standard InChI is InChI=1S/C13H15FN2O2S2/c1-9-3-4-11(14)12(5-9)16-20(17,18)13-6-10(7-15-2)8-19-13/h3-6,8,15-16H,7H2,1-2H3. The number of aryl methyl sites for hydroxylation is 1. The minimum Gasteiger partial charge on any atom is -0.316 e. The fraction of sp³-hybridized carbons (Fsp3) is 0.231. The normalized spacial score (nSPS) is 11.6. The number of anilines is 1. The molecule has 0 bridgehead atoms. The third-order valence-electron chi connectivity index (χ3n) is 2.64. The van der Waals surface area contributed by atoms with Crippen LogP contribution in [-0.2, 0) is 16.6 Å². The van der Waals surface area contributed by atoms with Crippen LogP contribution in [0.1, 0.15) is 11.1 Å². The van der Waals surface area contributed by atoms with Crippen LogP contribution in [0.4, 0.5) is 10.1 Å². The lowest BCUT2D eigenvalue weighted by Crippen LogP contribution is -2.13. The van der Waals surface area contributed by atoms with Gasteiger partial charge in [-0.15, -0.1) is 11.3 Å². The molecule has 1 heterocycles. The van der Waals surface area contributed by atoms with Gasteiger partial charge in [0.25, 0.3) is 10.0 Å². The zero-order valence-electron chi connectivity index (χ0n) is 11.1. The van der Waals surface area contributed by atoms with Crippen molar-refractivity contribution in [1.29, 1.82) is 0 Å². The van der Waals surface area contributed by atoms with Crippen molar-refractivity contribution in [2.45, 2.75) is 17.7 Å². The Labute approximate surface area is 121 Å². The molecule has 2 N–H and O–H groups in total. The van der Waals surface area contributed by atoms with E-state index in [4.69, 9.17) is 0 Å². The third kappa shape index (κ3) is 3.36. The molecule has 1 aromatic carbocycles. The number of hydrogen-bond acceptors (Lipinski definition) is 4. The van der Waals surface area contributed by atoms with E-state index in [-0.39, 0.29) is 9.90 Å². The van der Waals surface area contributed by atoms with Gasteiger partial charge in [-0.3, -0.25) is 4.72 Å². The summed E-state index contributed by atoms with van der Waals surface area (Å²) in [5.41, 5.74) is 1.63. The van der Waals surface area contributed by atoms with Gasteiger partial charge in [0, 0.05) is 6.54 Å². The molecule has 7 heteroatoms. The van der Waals surface area contributed by atoms with E-state index in [2.05, 4.69) is 10.0 Å². The highest BCUT2D eigenvalue weighted by atomic mass is 32.2. The number of benzene rings is 1. The first-order chi connectivity index (χ1) is 9.42. The summed E-state index contributed by atoms with van der Waals surface area (Å²) in [6.07, 6.45) is 0. The van der Waals surface area contributed by atoms with E-state index < -0.39 is 15.8 Å². The maximum Gasteiger partial charge on any atom is 0.271 e. The van der Waals surface area contributed by atoms with Crippen LogP contribution >= 0.6 is 11.3 Å². The molecule has 4 nitrogen and oxygen atoms in total. The smallest absolute Gasteiger partial charge is 0.271 e. The summed E-state index contributed by atoms with van der Waals surface area (Å²) in [7, 11) is -1.97. The van der Waals surface area contributed by atoms with Crippen molar-refractivity contribution in [1.82, 2.24) is 5.32 Å². The Bertz CT molecular complexity index is 711. The molecule has 108 valence electrons. The van der Waals surface area contributed by atoms with Gasteiger partial charge in [-0.2, -0.15) is 0 Å². The lowest BCUT2D eigenvalue weighted by atomic mass is 10.2. The van der Waals surface area contributed by atoms with E-state index in [1.54, 1.807) is 31.5 Å². The zero-order valence-corrected chi connectivity index (χ0v) is 12.7. The molecular formula is C13H15FN2O2S2. The maximum atomic E-state index is 13.6. The van der Waals surface area contributed by atoms with E-state index in [1.165, 1.54) is 12.1 Å². The molecule has 1 aromatic heterocycles. The van der Waals surface area contributed by atoms with Crippen molar-refractivity contribution in [3.05, 3.63) is 46.6 Å². The van der Waals surface area contributed by atoms with Crippen molar-refractivity contribution in [2.75, 3.05) is 11.8 Å². The second kappa shape index (κ2) is 5.90. The Hall–Kier alpha value is -1.44. The third-order valence-corrected chi connectivity index (χ3v) is 5.50. The van der Waals surface area contributed by atoms with Crippen LogP contribution in [-0.4, -0.2) is 15.5 Å². The second-order valence-electron chi connectivity index (χ2n) is 4.39. The molecule has 0 spiro atoms. The predicted octanol–water partition coefficient (Wildman–Crippen LogP) is 2.72. The lowest BCUT2D eigenvalue weighted by molar-refractivity contribution is 0.600. The van der Waals surface area contributed by atoms with Crippen LogP contribution in [0.3, 0.4) is 0 Å². The van der Waals surface area contributed by atoms with Crippen LogP contribution in [0.5, 0.6) is 0 Å². The quantitative estimate of drug-likeness (QED) is 0.892. The highest BCUT2D eigenvalue weighted by Gasteiger charge is 2.18. The first-order valence-corrected chi connectivity index (χ1v) is 8.29. The summed E-state index contributed by atoms with van der Waals surface area (Å²) in [6.45, 7) is 2.36. The second-order valence-corrected chi connectivity index (χ2v) is 7.21. The van der Waals surface area contributed by atoms with Gasteiger partial charge in [0.1, 0.15) is 10.0 Å². The molecule has 0 atom stereocenters. The van der Waals surface area contributed by atoms with Crippen LogP contribution in [0, 0.1) is 12.7 Å². The van der Waals surface area contributed by atoms with Gasteiger partial charge >= 0.3 is 0 Å². The fourth-order valence-corrected chi connectivity index (χ4v) is 3.97. The van der Waals surface area contributed by atoms with Crippen molar-refractivity contribution in [3.63, 3.8) is 0 Å². The average Bonchev–Trinajstić information content (AvgIpc) is 2.83. The number of sulfonamides is 1. The van der Waals surface area contributed by atoms with Crippen LogP contribution in [0.25, 0.3) is 0 Å². The minimum absolute atomic E-state index is 0.0337. The summed E-state index contributed by atoms with van der Waals surface area (Å²) < 4.78 is 40.5. The summed E-state index contributed by atoms with van der Waals surface area (Å²) in [4.78, 5) is 0. The molecule has 0 aliphatic heterocycles. The van der Waals surface area contributed by atoms with Gasteiger partial charge in [-0.1, -0.05) is 6.07 Å². The maximum absolute atomic E-state index is 13.6. The number of hydrogen-bond donors (Lipinski definition) is 2. The molecule has 2 aromatic rings. The zero-order chi connectivity index (χ0) is 14.8. The Morgan fingerprint density at radius 2 is 2.05 bits per heavy atom. The molecule has 0 radical (unpaired) electrons. The minimum atomic E-state index is -3.75. The average molecular weight is 314 g/mol. The molecular weight excluding hydrogens is 299 g/mol. The molecule has 0 aliphatic rings. The summed E-state index contributed by atoms with van der Waals surface area (Å²) >= 11 is 1.11. The topological polar surface area (TPSA) is 58.2 Å². The molecule has 0 saturated carbocycles. The van der Waals surface area contributed by atoms with Gasteiger partial charge < -0.3 is 5.32 Å². The monoisotopic (exact) mass is 314 g/mol. The predicted molar refractivity (Wildman–Crippen MR) is 79.0 cm³/mol. The van der Waals surface area contributed by atoms with Gasteiger partial charge in [0.05, 0.1) is 5.69 Å². The Morgan fingerprint density at radius 1 is 1.30 bits per heavy atom. The number of halogens is 1. The molecule has 0 saturated heterocycles. The summed E-state index contributed by atoms with van der Waals surface area (Å²) in [5, 5.41) is 4.71. The fourth-order valence-electron chi connectivity index (χ4n) is 1.70. The van der Waals surface area contributed by atoms with Gasteiger partial charge in [-0.25, -0.2) is 12.8 Å². The Morgan fingerprint density at radius 3 is 2.75 bits per heavy atom. The van der Waals surface area contributed by atoms with E-state index in [0.717, 1.165) is 22.5 Å². The molecule has 0 amide bonds. The molecule has 0 fully saturated rings. The Kier molecular flexibility index (Phi) is 4.42. The van der Waals surface area contributed by atoms with E-state index in [9.17, 15) is 12.8 Å². The molecule has 20 heavy (non-hydrogen) atoms. The summed E-state index contributed by atoms with van der Waals surface area (Å²) in [6, 6.07) is 5.88. The first kappa shape index (κ1) is 15.0. The molecule has 0 unspecified atom stereocenters. The highest BCUT2D eigenvalue weighted by Crippen LogP contribution is 2.24. The number of nitrogens with one attached hydrogen (secondary N) is 2. The summed E-state index contributed by atoms with van der Waals surface area (Å²) in [5.74, 6) is -0.592. The van der Waals surface area contributed by atoms with Gasteiger partial charge in [0.2, 0.25) is 0 Å². The largest absolute Gasteiger partial charge is 0.316 e. The number of rotatable bonds is 5. The Balaban J connectivity index is 2.28. The van der Waals surface area contributed by atoms with E-state index in [1.807, 2.05) is 0 Å². The van der Waals surface area contributed by atoms with Crippen molar-refractivity contribution in [3.8, 4) is 0 Å². The molecule has 2 rings (SSSR count). The number of thiophene rings is 1. The van der Waals surface area contributed by atoms with Crippen LogP contribution < -0.4 is 10.0 Å². The van der Waals surface area contributed by atoms with Crippen molar-refractivity contribution in [2.24, 2.45) is 0 Å². The van der Waals surface area contributed by atoms with Gasteiger partial charge in [-0.05, 0) is 48.7 Å². The van der Waals surface area contributed by atoms with Gasteiger partial charge in [0.15, 0.2) is 0 Å². The van der Waals surface area contributed by atoms with Crippen LogP contribution in [0.2, 0.25) is 0 Å².